The van der Waals surface area contributed by atoms with E-state index in [4.69, 9.17) is 16.3 Å². The molecule has 0 aliphatic rings. The lowest BCUT2D eigenvalue weighted by molar-refractivity contribution is -0.146. The summed E-state index contributed by atoms with van der Waals surface area (Å²) in [4.78, 5) is 35.4. The fraction of sp³-hybridized carbons (Fsp3) is 0.211. The lowest BCUT2D eigenvalue weighted by Gasteiger charge is -2.10. The first-order valence-corrected chi connectivity index (χ1v) is 8.44. The summed E-state index contributed by atoms with van der Waals surface area (Å²) in [7, 11) is 0. The Morgan fingerprint density at radius 1 is 1.04 bits per heavy atom. The molecule has 0 spiro atoms. The molecule has 7 heteroatoms. The highest BCUT2D eigenvalue weighted by Crippen LogP contribution is 2.15. The van der Waals surface area contributed by atoms with Crippen LogP contribution in [0.4, 0.5) is 5.69 Å². The van der Waals surface area contributed by atoms with E-state index in [2.05, 4.69) is 10.6 Å². The van der Waals surface area contributed by atoms with Crippen molar-refractivity contribution in [3.63, 3.8) is 0 Å². The van der Waals surface area contributed by atoms with Crippen molar-refractivity contribution >= 4 is 35.1 Å². The van der Waals surface area contributed by atoms with Crippen LogP contribution in [0.5, 0.6) is 0 Å². The van der Waals surface area contributed by atoms with Crippen molar-refractivity contribution in [2.75, 3.05) is 18.5 Å². The summed E-state index contributed by atoms with van der Waals surface area (Å²) in [6.45, 7) is 1.22. The van der Waals surface area contributed by atoms with Crippen LogP contribution in [0, 0.1) is 0 Å². The second kappa shape index (κ2) is 9.58. The fourth-order valence-electron chi connectivity index (χ4n) is 2.19. The summed E-state index contributed by atoms with van der Waals surface area (Å²) in [6.07, 6.45) is 0.771. The van der Waals surface area contributed by atoms with Gasteiger partial charge in [-0.15, -0.1) is 0 Å². The number of nitrogens with one attached hydrogen (secondary N) is 2. The Kier molecular flexibility index (Phi) is 7.17. The number of halogens is 1. The SMILES string of the molecule is CCc1ccccc1NC(=O)COC(=O)CNC(=O)c1ccc(Cl)cc1. The summed E-state index contributed by atoms with van der Waals surface area (Å²) in [5.41, 5.74) is 2.05. The van der Waals surface area contributed by atoms with Crippen LogP contribution in [0.3, 0.4) is 0 Å². The average Bonchev–Trinajstić information content (AvgIpc) is 2.65. The van der Waals surface area contributed by atoms with Gasteiger partial charge in [0, 0.05) is 16.3 Å². The van der Waals surface area contributed by atoms with Crippen LogP contribution in [0.1, 0.15) is 22.8 Å². The summed E-state index contributed by atoms with van der Waals surface area (Å²) < 4.78 is 4.87. The van der Waals surface area contributed by atoms with E-state index in [9.17, 15) is 14.4 Å². The van der Waals surface area contributed by atoms with Crippen molar-refractivity contribution in [1.29, 1.82) is 0 Å². The number of amides is 2. The Hall–Kier alpha value is -2.86. The molecule has 2 N–H and O–H groups in total. The van der Waals surface area contributed by atoms with Crippen molar-refractivity contribution in [2.45, 2.75) is 13.3 Å². The molecule has 2 amide bonds. The molecule has 0 aliphatic carbocycles. The highest BCUT2D eigenvalue weighted by atomic mass is 35.5. The minimum atomic E-state index is -0.703. The van der Waals surface area contributed by atoms with Gasteiger partial charge in [-0.2, -0.15) is 0 Å². The summed E-state index contributed by atoms with van der Waals surface area (Å²) >= 11 is 5.75. The van der Waals surface area contributed by atoms with Gasteiger partial charge in [-0.25, -0.2) is 0 Å². The van der Waals surface area contributed by atoms with E-state index in [0.717, 1.165) is 12.0 Å². The van der Waals surface area contributed by atoms with Crippen LogP contribution in [0.15, 0.2) is 48.5 Å². The fourth-order valence-corrected chi connectivity index (χ4v) is 2.32. The van der Waals surface area contributed by atoms with Crippen LogP contribution in [-0.2, 0) is 20.7 Å². The first kappa shape index (κ1) is 19.5. The van der Waals surface area contributed by atoms with Gasteiger partial charge >= 0.3 is 5.97 Å². The minimum Gasteiger partial charge on any atom is -0.454 e. The van der Waals surface area contributed by atoms with Gasteiger partial charge in [0.25, 0.3) is 11.8 Å². The van der Waals surface area contributed by atoms with E-state index in [1.807, 2.05) is 25.1 Å². The van der Waals surface area contributed by atoms with Crippen LogP contribution in [0.25, 0.3) is 0 Å². The maximum Gasteiger partial charge on any atom is 0.325 e. The molecule has 6 nitrogen and oxygen atoms in total. The van der Waals surface area contributed by atoms with E-state index < -0.39 is 24.4 Å². The van der Waals surface area contributed by atoms with E-state index in [0.29, 0.717) is 16.3 Å². The zero-order valence-electron chi connectivity index (χ0n) is 14.3. The number of carbonyl (C=O) groups excluding carboxylic acids is 3. The largest absolute Gasteiger partial charge is 0.454 e. The van der Waals surface area contributed by atoms with E-state index in [1.165, 1.54) is 0 Å². The molecular formula is C19H19ClN2O4. The Balaban J connectivity index is 1.75. The molecule has 0 saturated carbocycles. The van der Waals surface area contributed by atoms with Crippen molar-refractivity contribution < 1.29 is 19.1 Å². The van der Waals surface area contributed by atoms with Gasteiger partial charge < -0.3 is 15.4 Å². The Morgan fingerprint density at radius 3 is 2.42 bits per heavy atom. The topological polar surface area (TPSA) is 84.5 Å². The number of ether oxygens (including phenoxy) is 1. The number of hydrogen-bond acceptors (Lipinski definition) is 4. The first-order valence-electron chi connectivity index (χ1n) is 8.06. The predicted octanol–water partition coefficient (Wildman–Crippen LogP) is 2.81. The van der Waals surface area contributed by atoms with Crippen LogP contribution in [-0.4, -0.2) is 30.9 Å². The van der Waals surface area contributed by atoms with Crippen molar-refractivity contribution in [2.24, 2.45) is 0 Å². The number of esters is 1. The zero-order chi connectivity index (χ0) is 18.9. The molecule has 0 atom stereocenters. The van der Waals surface area contributed by atoms with Gasteiger partial charge in [-0.3, -0.25) is 14.4 Å². The number of anilines is 1. The number of para-hydroxylation sites is 1. The van der Waals surface area contributed by atoms with Crippen LogP contribution in [0.2, 0.25) is 5.02 Å². The lowest BCUT2D eigenvalue weighted by atomic mass is 10.1. The van der Waals surface area contributed by atoms with Gasteiger partial charge in [-0.1, -0.05) is 36.7 Å². The molecule has 136 valence electrons. The second-order valence-electron chi connectivity index (χ2n) is 5.41. The van der Waals surface area contributed by atoms with E-state index in [1.54, 1.807) is 30.3 Å². The van der Waals surface area contributed by atoms with Gasteiger partial charge in [-0.05, 0) is 42.3 Å². The third-order valence-corrected chi connectivity index (χ3v) is 3.79. The molecule has 0 saturated heterocycles. The normalized spacial score (nSPS) is 10.1. The molecule has 0 heterocycles. The molecule has 0 radical (unpaired) electrons. The molecule has 0 aromatic heterocycles. The standard InChI is InChI=1S/C19H19ClN2O4/c1-2-13-5-3-4-6-16(13)22-17(23)12-26-18(24)11-21-19(25)14-7-9-15(20)10-8-14/h3-10H,2,11-12H2,1H3,(H,21,25)(H,22,23). The highest BCUT2D eigenvalue weighted by Gasteiger charge is 2.11. The van der Waals surface area contributed by atoms with Gasteiger partial charge in [0.05, 0.1) is 0 Å². The number of rotatable bonds is 7. The quantitative estimate of drug-likeness (QED) is 0.730. The molecule has 26 heavy (non-hydrogen) atoms. The van der Waals surface area contributed by atoms with Gasteiger partial charge in [0.2, 0.25) is 0 Å². The van der Waals surface area contributed by atoms with Crippen LogP contribution >= 0.6 is 11.6 Å². The Morgan fingerprint density at radius 2 is 1.73 bits per heavy atom. The molecule has 2 aromatic rings. The highest BCUT2D eigenvalue weighted by molar-refractivity contribution is 6.30. The maximum absolute atomic E-state index is 11.9. The van der Waals surface area contributed by atoms with Crippen molar-refractivity contribution in [1.82, 2.24) is 5.32 Å². The van der Waals surface area contributed by atoms with Crippen molar-refractivity contribution in [3.8, 4) is 0 Å². The van der Waals surface area contributed by atoms with Crippen molar-refractivity contribution in [3.05, 3.63) is 64.7 Å². The summed E-state index contributed by atoms with van der Waals surface area (Å²) in [6, 6.07) is 13.6. The van der Waals surface area contributed by atoms with Crippen LogP contribution < -0.4 is 10.6 Å². The number of carbonyl (C=O) groups is 3. The number of aryl methyl sites for hydroxylation is 1. The molecule has 2 aromatic carbocycles. The average molecular weight is 375 g/mol. The third kappa shape index (κ3) is 5.89. The third-order valence-electron chi connectivity index (χ3n) is 3.54. The summed E-state index contributed by atoms with van der Waals surface area (Å²) in [5, 5.41) is 5.63. The first-order chi connectivity index (χ1) is 12.5. The number of hydrogen-bond donors (Lipinski definition) is 2. The lowest BCUT2D eigenvalue weighted by Crippen LogP contribution is -2.32. The van der Waals surface area contributed by atoms with Gasteiger partial charge in [0.1, 0.15) is 6.54 Å². The van der Waals surface area contributed by atoms with E-state index in [-0.39, 0.29) is 6.54 Å². The molecule has 0 fully saturated rings. The number of benzene rings is 2. The molecular weight excluding hydrogens is 356 g/mol. The Labute approximate surface area is 156 Å². The second-order valence-corrected chi connectivity index (χ2v) is 5.85. The smallest absolute Gasteiger partial charge is 0.325 e. The van der Waals surface area contributed by atoms with E-state index >= 15 is 0 Å². The molecule has 2 rings (SSSR count). The Bertz CT molecular complexity index is 790. The molecule has 0 bridgehead atoms. The monoisotopic (exact) mass is 374 g/mol. The summed E-state index contributed by atoms with van der Waals surface area (Å²) in [5.74, 6) is -1.57. The predicted molar refractivity (Wildman–Crippen MR) is 99.2 cm³/mol. The maximum atomic E-state index is 11.9. The zero-order valence-corrected chi connectivity index (χ0v) is 15.0. The van der Waals surface area contributed by atoms with Gasteiger partial charge in [0.15, 0.2) is 6.61 Å². The molecule has 0 unspecified atom stereocenters. The minimum absolute atomic E-state index is 0.333. The molecule has 0 aliphatic heterocycles.